The van der Waals surface area contributed by atoms with E-state index in [0.717, 1.165) is 50.5 Å². The first-order valence-electron chi connectivity index (χ1n) is 8.09. The quantitative estimate of drug-likeness (QED) is 0.344. The number of hydrogen-bond donors (Lipinski definition) is 2. The number of aliphatic imine (C=N–C) groups is 1. The van der Waals surface area contributed by atoms with Crippen molar-refractivity contribution in [2.45, 2.75) is 32.7 Å². The van der Waals surface area contributed by atoms with Crippen molar-refractivity contribution in [3.05, 3.63) is 29.0 Å². The molecule has 0 unspecified atom stereocenters. The van der Waals surface area contributed by atoms with E-state index in [0.29, 0.717) is 18.1 Å². The molecule has 1 saturated heterocycles. The molecule has 0 atom stereocenters. The number of likely N-dealkylation sites (tertiary alicyclic amines) is 1. The molecule has 0 aromatic carbocycles. The maximum Gasteiger partial charge on any atom is 0.222 e. The highest BCUT2D eigenvalue weighted by molar-refractivity contribution is 6.29. The van der Waals surface area contributed by atoms with Gasteiger partial charge in [0.1, 0.15) is 5.15 Å². The van der Waals surface area contributed by atoms with E-state index in [4.69, 9.17) is 11.6 Å². The van der Waals surface area contributed by atoms with Crippen LogP contribution < -0.4 is 10.6 Å². The molecule has 0 aliphatic carbocycles. The molecule has 23 heavy (non-hydrogen) atoms. The number of pyridine rings is 1. The molecule has 0 spiro atoms. The number of aromatic nitrogens is 1. The third-order valence-corrected chi connectivity index (χ3v) is 3.84. The third kappa shape index (κ3) is 6.06. The van der Waals surface area contributed by atoms with Crippen molar-refractivity contribution in [2.75, 3.05) is 26.2 Å². The van der Waals surface area contributed by atoms with Gasteiger partial charge >= 0.3 is 0 Å². The Morgan fingerprint density at radius 3 is 2.96 bits per heavy atom. The Bertz CT molecular complexity index is 532. The van der Waals surface area contributed by atoms with E-state index in [1.165, 1.54) is 0 Å². The average Bonchev–Trinajstić information content (AvgIpc) is 2.96. The number of halogens is 1. The number of carbonyl (C=O) groups excluding carboxylic acids is 1. The van der Waals surface area contributed by atoms with Crippen molar-refractivity contribution >= 4 is 23.5 Å². The molecule has 1 fully saturated rings. The van der Waals surface area contributed by atoms with Crippen molar-refractivity contribution in [1.29, 1.82) is 0 Å². The third-order valence-electron chi connectivity index (χ3n) is 3.62. The van der Waals surface area contributed by atoms with E-state index in [2.05, 4.69) is 20.6 Å². The molecule has 2 rings (SSSR count). The van der Waals surface area contributed by atoms with Crippen LogP contribution in [0.4, 0.5) is 0 Å². The van der Waals surface area contributed by atoms with E-state index < -0.39 is 0 Å². The molecular weight excluding hydrogens is 314 g/mol. The van der Waals surface area contributed by atoms with Crippen LogP contribution in [0, 0.1) is 0 Å². The first kappa shape index (κ1) is 17.5. The van der Waals surface area contributed by atoms with Crippen LogP contribution in [-0.4, -0.2) is 47.9 Å². The van der Waals surface area contributed by atoms with E-state index in [9.17, 15) is 4.79 Å². The lowest BCUT2D eigenvalue weighted by molar-refractivity contribution is -0.127. The average molecular weight is 338 g/mol. The van der Waals surface area contributed by atoms with E-state index in [1.54, 1.807) is 12.3 Å². The number of guanidine groups is 1. The largest absolute Gasteiger partial charge is 0.357 e. The molecule has 1 amide bonds. The van der Waals surface area contributed by atoms with E-state index in [-0.39, 0.29) is 5.91 Å². The predicted molar refractivity (Wildman–Crippen MR) is 92.5 cm³/mol. The lowest BCUT2D eigenvalue weighted by Gasteiger charge is -2.16. The van der Waals surface area contributed by atoms with Crippen LogP contribution in [0.3, 0.4) is 0 Å². The standard InChI is InChI=1S/C16H24ClN5O/c1-2-18-16(21-12-13-6-7-14(17)20-11-13)19-8-4-10-22-9-3-5-15(22)23/h6-7,11H,2-5,8-10,12H2,1H3,(H2,18,19,21). The summed E-state index contributed by atoms with van der Waals surface area (Å²) in [5.41, 5.74) is 1.01. The van der Waals surface area contributed by atoms with Gasteiger partial charge in [-0.3, -0.25) is 4.79 Å². The van der Waals surface area contributed by atoms with Crippen LogP contribution in [-0.2, 0) is 11.3 Å². The summed E-state index contributed by atoms with van der Waals surface area (Å²) in [7, 11) is 0. The van der Waals surface area contributed by atoms with Crippen LogP contribution in [0.5, 0.6) is 0 Å². The molecule has 0 bridgehead atoms. The van der Waals surface area contributed by atoms with Crippen LogP contribution in [0.15, 0.2) is 23.3 Å². The second kappa shape index (κ2) is 9.35. The number of carbonyl (C=O) groups is 1. The summed E-state index contributed by atoms with van der Waals surface area (Å²) in [6.45, 7) is 5.88. The number of rotatable bonds is 7. The highest BCUT2D eigenvalue weighted by Crippen LogP contribution is 2.09. The fraction of sp³-hybridized carbons (Fsp3) is 0.562. The maximum atomic E-state index is 11.5. The Labute approximate surface area is 142 Å². The van der Waals surface area contributed by atoms with Gasteiger partial charge < -0.3 is 15.5 Å². The molecule has 7 heteroatoms. The van der Waals surface area contributed by atoms with Crippen molar-refractivity contribution in [3.63, 3.8) is 0 Å². The molecule has 2 heterocycles. The minimum Gasteiger partial charge on any atom is -0.357 e. The van der Waals surface area contributed by atoms with Gasteiger partial charge in [0.05, 0.1) is 6.54 Å². The van der Waals surface area contributed by atoms with Gasteiger partial charge in [0.15, 0.2) is 5.96 Å². The Hall–Kier alpha value is -1.82. The first-order chi connectivity index (χ1) is 11.2. The Kier molecular flexibility index (Phi) is 7.13. The summed E-state index contributed by atoms with van der Waals surface area (Å²) >= 11 is 5.77. The Morgan fingerprint density at radius 2 is 2.30 bits per heavy atom. The van der Waals surface area contributed by atoms with Crippen molar-refractivity contribution in [2.24, 2.45) is 4.99 Å². The molecule has 0 radical (unpaired) electrons. The number of amides is 1. The molecule has 1 aliphatic rings. The second-order valence-electron chi connectivity index (χ2n) is 5.45. The Balaban J connectivity index is 1.75. The molecule has 6 nitrogen and oxygen atoms in total. The highest BCUT2D eigenvalue weighted by atomic mass is 35.5. The summed E-state index contributed by atoms with van der Waals surface area (Å²) in [6, 6.07) is 3.68. The van der Waals surface area contributed by atoms with Crippen LogP contribution in [0.1, 0.15) is 31.7 Å². The van der Waals surface area contributed by atoms with Crippen LogP contribution in [0.25, 0.3) is 0 Å². The predicted octanol–water partition coefficient (Wildman–Crippen LogP) is 1.80. The summed E-state index contributed by atoms with van der Waals surface area (Å²) in [5, 5.41) is 6.99. The fourth-order valence-corrected chi connectivity index (χ4v) is 2.54. The van der Waals surface area contributed by atoms with E-state index in [1.807, 2.05) is 17.9 Å². The molecule has 1 aliphatic heterocycles. The first-order valence-corrected chi connectivity index (χ1v) is 8.47. The second-order valence-corrected chi connectivity index (χ2v) is 5.84. The highest BCUT2D eigenvalue weighted by Gasteiger charge is 2.18. The topological polar surface area (TPSA) is 69.6 Å². The van der Waals surface area contributed by atoms with E-state index >= 15 is 0 Å². The van der Waals surface area contributed by atoms with Gasteiger partial charge in [-0.1, -0.05) is 17.7 Å². The van der Waals surface area contributed by atoms with Gasteiger partial charge in [-0.15, -0.1) is 0 Å². The summed E-state index contributed by atoms with van der Waals surface area (Å²) < 4.78 is 0. The van der Waals surface area contributed by atoms with Gasteiger partial charge in [0.25, 0.3) is 0 Å². The zero-order valence-corrected chi connectivity index (χ0v) is 14.3. The zero-order chi connectivity index (χ0) is 16.5. The molecular formula is C16H24ClN5O. The van der Waals surface area contributed by atoms with Gasteiger partial charge in [-0.25, -0.2) is 9.98 Å². The molecule has 0 saturated carbocycles. The Morgan fingerprint density at radius 1 is 1.43 bits per heavy atom. The van der Waals surface area contributed by atoms with Crippen molar-refractivity contribution in [3.8, 4) is 0 Å². The van der Waals surface area contributed by atoms with Gasteiger partial charge in [0, 0.05) is 38.8 Å². The smallest absolute Gasteiger partial charge is 0.222 e. The molecule has 126 valence electrons. The minimum absolute atomic E-state index is 0.279. The van der Waals surface area contributed by atoms with Gasteiger partial charge in [0.2, 0.25) is 5.91 Å². The molecule has 2 N–H and O–H groups in total. The lowest BCUT2D eigenvalue weighted by Crippen LogP contribution is -2.39. The van der Waals surface area contributed by atoms with Crippen molar-refractivity contribution < 1.29 is 4.79 Å². The number of hydrogen-bond acceptors (Lipinski definition) is 3. The minimum atomic E-state index is 0.279. The van der Waals surface area contributed by atoms with Crippen molar-refractivity contribution in [1.82, 2.24) is 20.5 Å². The van der Waals surface area contributed by atoms with Crippen LogP contribution >= 0.6 is 11.6 Å². The van der Waals surface area contributed by atoms with Gasteiger partial charge in [-0.2, -0.15) is 0 Å². The summed E-state index contributed by atoms with van der Waals surface area (Å²) in [6.07, 6.45) is 4.34. The number of nitrogens with one attached hydrogen (secondary N) is 2. The monoisotopic (exact) mass is 337 g/mol. The lowest BCUT2D eigenvalue weighted by atomic mass is 10.3. The van der Waals surface area contributed by atoms with Gasteiger partial charge in [-0.05, 0) is 31.4 Å². The SMILES string of the molecule is CCNC(=NCc1ccc(Cl)nc1)NCCCN1CCCC1=O. The molecule has 1 aromatic heterocycles. The fourth-order valence-electron chi connectivity index (χ4n) is 2.43. The summed E-state index contributed by atoms with van der Waals surface area (Å²) in [4.78, 5) is 22.1. The van der Waals surface area contributed by atoms with Crippen LogP contribution in [0.2, 0.25) is 5.15 Å². The zero-order valence-electron chi connectivity index (χ0n) is 13.5. The summed E-state index contributed by atoms with van der Waals surface area (Å²) in [5.74, 6) is 1.05. The normalized spacial score (nSPS) is 15.1. The number of nitrogens with zero attached hydrogens (tertiary/aromatic N) is 3. The molecule has 1 aromatic rings. The maximum absolute atomic E-state index is 11.5.